The number of carbonyl (C=O) groups excluding carboxylic acids is 2. The first-order valence-electron chi connectivity index (χ1n) is 8.46. The number of likely N-dealkylation sites (tertiary alicyclic amines) is 1. The Morgan fingerprint density at radius 3 is 2.52 bits per heavy atom. The molecule has 2 unspecified atom stereocenters. The van der Waals surface area contributed by atoms with Crippen molar-refractivity contribution < 1.29 is 19.5 Å². The second kappa shape index (κ2) is 8.00. The molecule has 0 bridgehead atoms. The number of aliphatic carboxylic acids is 1. The lowest BCUT2D eigenvalue weighted by atomic mass is 9.90. The molecule has 1 aliphatic rings. The Morgan fingerprint density at radius 2 is 1.88 bits per heavy atom. The predicted octanol–water partition coefficient (Wildman–Crippen LogP) is 2.40. The smallest absolute Gasteiger partial charge is 0.319 e. The van der Waals surface area contributed by atoms with Crippen LogP contribution in [0.1, 0.15) is 37.6 Å². The highest BCUT2D eigenvalue weighted by Gasteiger charge is 2.33. The van der Waals surface area contributed by atoms with E-state index in [9.17, 15) is 19.5 Å². The van der Waals surface area contributed by atoms with Crippen LogP contribution in [0.4, 0.5) is 10.5 Å². The maximum absolute atomic E-state index is 12.9. The van der Waals surface area contributed by atoms with Gasteiger partial charge in [0.1, 0.15) is 0 Å². The van der Waals surface area contributed by atoms with E-state index in [1.54, 1.807) is 29.2 Å². The molecule has 25 heavy (non-hydrogen) atoms. The van der Waals surface area contributed by atoms with E-state index in [0.717, 1.165) is 0 Å². The fourth-order valence-electron chi connectivity index (χ4n) is 3.07. The van der Waals surface area contributed by atoms with E-state index in [1.807, 2.05) is 20.8 Å². The second-order valence-corrected chi connectivity index (χ2v) is 6.88. The minimum atomic E-state index is -0.882. The molecule has 1 aromatic carbocycles. The van der Waals surface area contributed by atoms with Crippen molar-refractivity contribution in [3.8, 4) is 0 Å². The van der Waals surface area contributed by atoms with Gasteiger partial charge in [-0.25, -0.2) is 4.79 Å². The van der Waals surface area contributed by atoms with E-state index in [-0.39, 0.29) is 30.4 Å². The number of benzene rings is 1. The zero-order chi connectivity index (χ0) is 18.6. The van der Waals surface area contributed by atoms with Crippen molar-refractivity contribution in [3.63, 3.8) is 0 Å². The van der Waals surface area contributed by atoms with Gasteiger partial charge in [-0.2, -0.15) is 0 Å². The van der Waals surface area contributed by atoms with Gasteiger partial charge in [-0.05, 0) is 38.3 Å². The van der Waals surface area contributed by atoms with Gasteiger partial charge < -0.3 is 20.6 Å². The van der Waals surface area contributed by atoms with E-state index >= 15 is 0 Å². The highest BCUT2D eigenvalue weighted by molar-refractivity contribution is 6.03. The Morgan fingerprint density at radius 1 is 1.20 bits per heavy atom. The summed E-state index contributed by atoms with van der Waals surface area (Å²) in [7, 11) is 0. The number of urea groups is 1. The number of carboxylic acid groups (broad SMARTS) is 1. The molecule has 1 heterocycles. The summed E-state index contributed by atoms with van der Waals surface area (Å²) in [6, 6.07) is 6.35. The molecule has 0 radical (unpaired) electrons. The summed E-state index contributed by atoms with van der Waals surface area (Å²) in [5, 5.41) is 14.7. The quantitative estimate of drug-likeness (QED) is 0.779. The molecule has 1 fully saturated rings. The summed E-state index contributed by atoms with van der Waals surface area (Å²) in [4.78, 5) is 37.7. The first-order valence-corrected chi connectivity index (χ1v) is 8.46. The zero-order valence-electron chi connectivity index (χ0n) is 14.8. The topological polar surface area (TPSA) is 98.7 Å². The molecule has 3 N–H and O–H groups in total. The summed E-state index contributed by atoms with van der Waals surface area (Å²) in [6.07, 6.45) is 0.565. The van der Waals surface area contributed by atoms with Crippen molar-refractivity contribution >= 4 is 23.6 Å². The molecule has 1 aromatic rings. The van der Waals surface area contributed by atoms with Gasteiger partial charge in [-0.15, -0.1) is 0 Å². The average molecular weight is 347 g/mol. The Bertz CT molecular complexity index is 659. The lowest BCUT2D eigenvalue weighted by Crippen LogP contribution is -2.45. The van der Waals surface area contributed by atoms with Crippen LogP contribution in [-0.4, -0.2) is 47.0 Å². The van der Waals surface area contributed by atoms with Crippen LogP contribution >= 0.6 is 0 Å². The van der Waals surface area contributed by atoms with Crippen molar-refractivity contribution in [2.45, 2.75) is 33.2 Å². The predicted molar refractivity (Wildman–Crippen MR) is 94.5 cm³/mol. The van der Waals surface area contributed by atoms with E-state index in [1.165, 1.54) is 0 Å². The van der Waals surface area contributed by atoms with E-state index < -0.39 is 11.9 Å². The van der Waals surface area contributed by atoms with Crippen molar-refractivity contribution in [1.29, 1.82) is 0 Å². The number of piperidine rings is 1. The molecule has 2 atom stereocenters. The number of para-hydroxylation sites is 1. The molecule has 7 heteroatoms. The molecule has 3 amide bonds. The van der Waals surface area contributed by atoms with Gasteiger partial charge in [0.15, 0.2) is 0 Å². The first kappa shape index (κ1) is 18.8. The summed E-state index contributed by atoms with van der Waals surface area (Å²) >= 11 is 0. The summed E-state index contributed by atoms with van der Waals surface area (Å²) in [5.74, 6) is -1.59. The lowest BCUT2D eigenvalue weighted by Gasteiger charge is -2.35. The van der Waals surface area contributed by atoms with Crippen LogP contribution in [0.5, 0.6) is 0 Å². The molecule has 1 aliphatic heterocycles. The number of hydrogen-bond acceptors (Lipinski definition) is 3. The van der Waals surface area contributed by atoms with Crippen molar-refractivity contribution in [2.75, 3.05) is 18.4 Å². The van der Waals surface area contributed by atoms with Crippen LogP contribution in [0, 0.1) is 11.8 Å². The maximum atomic E-state index is 12.9. The van der Waals surface area contributed by atoms with Gasteiger partial charge in [0.2, 0.25) is 0 Å². The molecule has 136 valence electrons. The van der Waals surface area contributed by atoms with Gasteiger partial charge in [-0.1, -0.05) is 19.1 Å². The number of carbonyl (C=O) groups is 3. The zero-order valence-corrected chi connectivity index (χ0v) is 14.8. The van der Waals surface area contributed by atoms with E-state index in [4.69, 9.17) is 0 Å². The normalized spacial score (nSPS) is 20.2. The number of rotatable bonds is 4. The van der Waals surface area contributed by atoms with Crippen molar-refractivity contribution in [1.82, 2.24) is 10.2 Å². The van der Waals surface area contributed by atoms with Gasteiger partial charge in [0.25, 0.3) is 5.91 Å². The first-order chi connectivity index (χ1) is 11.8. The van der Waals surface area contributed by atoms with Crippen molar-refractivity contribution in [2.24, 2.45) is 11.8 Å². The van der Waals surface area contributed by atoms with E-state index in [0.29, 0.717) is 24.2 Å². The van der Waals surface area contributed by atoms with Crippen LogP contribution < -0.4 is 10.6 Å². The monoisotopic (exact) mass is 347 g/mol. The van der Waals surface area contributed by atoms with Crippen LogP contribution in [-0.2, 0) is 4.79 Å². The van der Waals surface area contributed by atoms with Crippen LogP contribution in [0.3, 0.4) is 0 Å². The Kier molecular flexibility index (Phi) is 6.01. The number of hydrogen-bond donors (Lipinski definition) is 3. The molecular formula is C18H25N3O4. The minimum absolute atomic E-state index is 0.0258. The second-order valence-electron chi connectivity index (χ2n) is 6.88. The Hall–Kier alpha value is -2.57. The standard InChI is InChI=1S/C18H25N3O4/c1-11(2)19-18(25)20-15-7-5-4-6-14(15)16(22)21-9-12(3)8-13(10-21)17(23)24/h4-7,11-13H,8-10H2,1-3H3,(H,23,24)(H2,19,20,25). The maximum Gasteiger partial charge on any atom is 0.319 e. The summed E-state index contributed by atoms with van der Waals surface area (Å²) < 4.78 is 0. The molecule has 0 saturated carbocycles. The van der Waals surface area contributed by atoms with E-state index in [2.05, 4.69) is 10.6 Å². The molecule has 1 saturated heterocycles. The molecular weight excluding hydrogens is 322 g/mol. The number of nitrogens with one attached hydrogen (secondary N) is 2. The van der Waals surface area contributed by atoms with Gasteiger partial charge in [0, 0.05) is 19.1 Å². The van der Waals surface area contributed by atoms with Crippen molar-refractivity contribution in [3.05, 3.63) is 29.8 Å². The van der Waals surface area contributed by atoms with Crippen LogP contribution in [0.25, 0.3) is 0 Å². The van der Waals surface area contributed by atoms with Gasteiger partial charge >= 0.3 is 12.0 Å². The molecule has 0 spiro atoms. The number of anilines is 1. The third kappa shape index (κ3) is 4.95. The lowest BCUT2D eigenvalue weighted by molar-refractivity contribution is -0.143. The SMILES string of the molecule is CC1CC(C(=O)O)CN(C(=O)c2ccccc2NC(=O)NC(C)C)C1. The number of amides is 3. The minimum Gasteiger partial charge on any atom is -0.481 e. The summed E-state index contributed by atoms with van der Waals surface area (Å²) in [5.41, 5.74) is 0.774. The Balaban J connectivity index is 2.18. The Labute approximate surface area is 147 Å². The molecule has 0 aliphatic carbocycles. The highest BCUT2D eigenvalue weighted by Crippen LogP contribution is 2.25. The number of carboxylic acids is 1. The number of nitrogens with zero attached hydrogens (tertiary/aromatic N) is 1. The van der Waals surface area contributed by atoms with Gasteiger partial charge in [-0.3, -0.25) is 9.59 Å². The molecule has 7 nitrogen and oxygen atoms in total. The average Bonchev–Trinajstić information content (AvgIpc) is 2.53. The van der Waals surface area contributed by atoms with Crippen LogP contribution in [0.2, 0.25) is 0 Å². The van der Waals surface area contributed by atoms with Gasteiger partial charge in [0.05, 0.1) is 17.2 Å². The highest BCUT2D eigenvalue weighted by atomic mass is 16.4. The molecule has 0 aromatic heterocycles. The summed E-state index contributed by atoms with van der Waals surface area (Å²) in [6.45, 7) is 6.32. The fourth-order valence-corrected chi connectivity index (χ4v) is 3.07. The third-order valence-electron chi connectivity index (χ3n) is 4.12. The fraction of sp³-hybridized carbons (Fsp3) is 0.500. The third-order valence-corrected chi connectivity index (χ3v) is 4.12. The van der Waals surface area contributed by atoms with Crippen LogP contribution in [0.15, 0.2) is 24.3 Å². The molecule has 2 rings (SSSR count). The largest absolute Gasteiger partial charge is 0.481 e.